The number of aromatic nitrogens is 1. The number of hydrogen-bond donors (Lipinski definition) is 2. The summed E-state index contributed by atoms with van der Waals surface area (Å²) in [5.74, 6) is 0.802. The molecule has 26 heavy (non-hydrogen) atoms. The molecule has 6 nitrogen and oxygen atoms in total. The van der Waals surface area contributed by atoms with E-state index < -0.39 is 5.91 Å². The van der Waals surface area contributed by atoms with Crippen LogP contribution in [0.1, 0.15) is 41.1 Å². The number of pyridine rings is 1. The van der Waals surface area contributed by atoms with Crippen molar-refractivity contribution in [3.05, 3.63) is 64.1 Å². The number of piperidine rings is 1. The number of hydrogen-bond acceptors (Lipinski definition) is 4. The third kappa shape index (κ3) is 4.95. The fourth-order valence-corrected chi connectivity index (χ4v) is 3.40. The molecule has 0 aliphatic carbocycles. The van der Waals surface area contributed by atoms with Crippen molar-refractivity contribution < 1.29 is 9.53 Å². The number of carbonyl (C=O) groups is 1. The van der Waals surface area contributed by atoms with Gasteiger partial charge in [0.15, 0.2) is 0 Å². The Hall–Kier alpha value is -2.60. The van der Waals surface area contributed by atoms with Crippen LogP contribution in [-0.4, -0.2) is 42.0 Å². The standard InChI is InChI=1S/C20H25N3O3/c21-20(25)16-2-4-18(5-3-16)26-13-1-10-23-11-7-15(8-12-23)17-6-9-22-19(24)14-17/h2-6,9,14-15H,1,7-8,10-13H2,(H2,21,25)(H,22,24). The van der Waals surface area contributed by atoms with Crippen LogP contribution < -0.4 is 16.0 Å². The van der Waals surface area contributed by atoms with E-state index in [0.717, 1.165) is 50.2 Å². The summed E-state index contributed by atoms with van der Waals surface area (Å²) in [6.45, 7) is 3.74. The molecule has 138 valence electrons. The largest absolute Gasteiger partial charge is 0.494 e. The molecule has 0 saturated carbocycles. The molecule has 0 spiro atoms. The van der Waals surface area contributed by atoms with Crippen molar-refractivity contribution in [3.63, 3.8) is 0 Å². The highest BCUT2D eigenvalue weighted by molar-refractivity contribution is 5.92. The summed E-state index contributed by atoms with van der Waals surface area (Å²) in [4.78, 5) is 27.6. The minimum absolute atomic E-state index is 0.0223. The van der Waals surface area contributed by atoms with Gasteiger partial charge in [0, 0.05) is 24.4 Å². The van der Waals surface area contributed by atoms with Crippen LogP contribution >= 0.6 is 0 Å². The third-order valence-electron chi connectivity index (χ3n) is 4.88. The van der Waals surface area contributed by atoms with Gasteiger partial charge in [-0.2, -0.15) is 0 Å². The molecule has 0 atom stereocenters. The van der Waals surface area contributed by atoms with Gasteiger partial charge in [-0.1, -0.05) is 0 Å². The van der Waals surface area contributed by atoms with Crippen molar-refractivity contribution in [1.82, 2.24) is 9.88 Å². The molecule has 1 saturated heterocycles. The van der Waals surface area contributed by atoms with Gasteiger partial charge in [0.2, 0.25) is 11.5 Å². The van der Waals surface area contributed by atoms with Gasteiger partial charge < -0.3 is 20.4 Å². The van der Waals surface area contributed by atoms with E-state index in [9.17, 15) is 9.59 Å². The lowest BCUT2D eigenvalue weighted by molar-refractivity contribution is 0.100. The maximum atomic E-state index is 11.4. The van der Waals surface area contributed by atoms with Crippen molar-refractivity contribution in [2.24, 2.45) is 5.73 Å². The first-order valence-electron chi connectivity index (χ1n) is 9.05. The number of H-pyrrole nitrogens is 1. The van der Waals surface area contributed by atoms with E-state index in [0.29, 0.717) is 18.1 Å². The van der Waals surface area contributed by atoms with Crippen LogP contribution in [0.25, 0.3) is 0 Å². The van der Waals surface area contributed by atoms with Gasteiger partial charge in [0.1, 0.15) is 5.75 Å². The molecule has 1 aromatic carbocycles. The fraction of sp³-hybridized carbons (Fsp3) is 0.400. The zero-order valence-corrected chi connectivity index (χ0v) is 14.8. The Bertz CT molecular complexity index is 777. The molecule has 1 aliphatic rings. The zero-order chi connectivity index (χ0) is 18.4. The van der Waals surface area contributed by atoms with Crippen LogP contribution in [0.5, 0.6) is 5.75 Å². The molecule has 0 unspecified atom stereocenters. The first-order chi connectivity index (χ1) is 12.6. The molecule has 1 aliphatic heterocycles. The minimum atomic E-state index is -0.430. The molecule has 0 radical (unpaired) electrons. The van der Waals surface area contributed by atoms with Crippen LogP contribution in [0.4, 0.5) is 0 Å². The van der Waals surface area contributed by atoms with Crippen molar-refractivity contribution in [3.8, 4) is 5.75 Å². The van der Waals surface area contributed by atoms with Crippen molar-refractivity contribution in [2.45, 2.75) is 25.2 Å². The van der Waals surface area contributed by atoms with Gasteiger partial charge in [-0.15, -0.1) is 0 Å². The zero-order valence-electron chi connectivity index (χ0n) is 14.8. The maximum absolute atomic E-state index is 11.4. The molecular formula is C20H25N3O3. The number of nitrogens with one attached hydrogen (secondary N) is 1. The van der Waals surface area contributed by atoms with Crippen molar-refractivity contribution in [1.29, 1.82) is 0 Å². The number of carbonyl (C=O) groups excluding carboxylic acids is 1. The first-order valence-corrected chi connectivity index (χ1v) is 9.05. The molecule has 3 rings (SSSR count). The number of primary amides is 1. The Labute approximate surface area is 153 Å². The van der Waals surface area contributed by atoms with E-state index in [-0.39, 0.29) is 5.56 Å². The summed E-state index contributed by atoms with van der Waals surface area (Å²) >= 11 is 0. The first kappa shape index (κ1) is 18.2. The van der Waals surface area contributed by atoms with E-state index in [2.05, 4.69) is 9.88 Å². The summed E-state index contributed by atoms with van der Waals surface area (Å²) in [6.07, 6.45) is 4.85. The molecule has 1 amide bonds. The van der Waals surface area contributed by atoms with Gasteiger partial charge >= 0.3 is 0 Å². The van der Waals surface area contributed by atoms with Gasteiger partial charge in [0.05, 0.1) is 6.61 Å². The second kappa shape index (κ2) is 8.67. The molecule has 2 aromatic rings. The molecule has 1 aromatic heterocycles. The van der Waals surface area contributed by atoms with Crippen LogP contribution in [0, 0.1) is 0 Å². The highest BCUT2D eigenvalue weighted by Crippen LogP contribution is 2.26. The highest BCUT2D eigenvalue weighted by atomic mass is 16.5. The Morgan fingerprint density at radius 3 is 2.58 bits per heavy atom. The van der Waals surface area contributed by atoms with E-state index in [1.807, 2.05) is 6.07 Å². The minimum Gasteiger partial charge on any atom is -0.494 e. The Kier molecular flexibility index (Phi) is 6.07. The summed E-state index contributed by atoms with van der Waals surface area (Å²) in [5.41, 5.74) is 6.83. The van der Waals surface area contributed by atoms with Crippen LogP contribution in [0.15, 0.2) is 47.4 Å². The molecular weight excluding hydrogens is 330 g/mol. The average molecular weight is 355 g/mol. The lowest BCUT2D eigenvalue weighted by atomic mass is 9.90. The van der Waals surface area contributed by atoms with E-state index in [4.69, 9.17) is 10.5 Å². The van der Waals surface area contributed by atoms with Crippen molar-refractivity contribution >= 4 is 5.91 Å². The number of likely N-dealkylation sites (tertiary alicyclic amines) is 1. The normalized spacial score (nSPS) is 15.7. The molecule has 1 fully saturated rings. The second-order valence-corrected chi connectivity index (χ2v) is 6.69. The number of aromatic amines is 1. The smallest absolute Gasteiger partial charge is 0.248 e. The predicted octanol–water partition coefficient (Wildman–Crippen LogP) is 2.12. The summed E-state index contributed by atoms with van der Waals surface area (Å²) < 4.78 is 5.72. The fourth-order valence-electron chi connectivity index (χ4n) is 3.40. The Morgan fingerprint density at radius 1 is 1.19 bits per heavy atom. The predicted molar refractivity (Wildman–Crippen MR) is 101 cm³/mol. The SMILES string of the molecule is NC(=O)c1ccc(OCCCN2CCC(c3cc[nH]c(=O)c3)CC2)cc1. The van der Waals surface area contributed by atoms with Crippen LogP contribution in [0.3, 0.4) is 0 Å². The third-order valence-corrected chi connectivity index (χ3v) is 4.88. The van der Waals surface area contributed by atoms with Gasteiger partial charge in [0.25, 0.3) is 0 Å². The Morgan fingerprint density at radius 2 is 1.92 bits per heavy atom. The van der Waals surface area contributed by atoms with Gasteiger partial charge in [-0.05, 0) is 74.2 Å². The number of benzene rings is 1. The monoisotopic (exact) mass is 355 g/mol. The van der Waals surface area contributed by atoms with E-state index in [1.165, 1.54) is 0 Å². The van der Waals surface area contributed by atoms with E-state index in [1.54, 1.807) is 36.5 Å². The van der Waals surface area contributed by atoms with Crippen LogP contribution in [-0.2, 0) is 0 Å². The van der Waals surface area contributed by atoms with Crippen LogP contribution in [0.2, 0.25) is 0 Å². The highest BCUT2D eigenvalue weighted by Gasteiger charge is 2.20. The second-order valence-electron chi connectivity index (χ2n) is 6.69. The lowest BCUT2D eigenvalue weighted by Gasteiger charge is -2.32. The molecule has 2 heterocycles. The molecule has 3 N–H and O–H groups in total. The van der Waals surface area contributed by atoms with E-state index >= 15 is 0 Å². The van der Waals surface area contributed by atoms with Gasteiger partial charge in [-0.25, -0.2) is 0 Å². The lowest BCUT2D eigenvalue weighted by Crippen LogP contribution is -2.34. The number of nitrogens with two attached hydrogens (primary N) is 1. The molecule has 0 bridgehead atoms. The quantitative estimate of drug-likeness (QED) is 0.745. The number of rotatable bonds is 7. The molecule has 6 heteroatoms. The number of nitrogens with zero attached hydrogens (tertiary/aromatic N) is 1. The summed E-state index contributed by atoms with van der Waals surface area (Å²) in [7, 11) is 0. The summed E-state index contributed by atoms with van der Waals surface area (Å²) in [6, 6.07) is 10.6. The van der Waals surface area contributed by atoms with Gasteiger partial charge in [-0.3, -0.25) is 9.59 Å². The number of amides is 1. The average Bonchev–Trinajstić information content (AvgIpc) is 2.66. The topological polar surface area (TPSA) is 88.4 Å². The number of ether oxygens (including phenoxy) is 1. The Balaban J connectivity index is 1.36. The summed E-state index contributed by atoms with van der Waals surface area (Å²) in [5, 5.41) is 0. The maximum Gasteiger partial charge on any atom is 0.248 e. The van der Waals surface area contributed by atoms with Crippen molar-refractivity contribution in [2.75, 3.05) is 26.2 Å².